The summed E-state index contributed by atoms with van der Waals surface area (Å²) in [7, 11) is 0. The Hall–Kier alpha value is -2.07. The van der Waals surface area contributed by atoms with Crippen molar-refractivity contribution in [3.8, 4) is 5.75 Å². The van der Waals surface area contributed by atoms with Crippen molar-refractivity contribution in [2.45, 2.75) is 20.8 Å². The number of rotatable bonds is 5. The number of hydrogen-bond donors (Lipinski definition) is 1. The minimum absolute atomic E-state index is 0.166. The number of nitrogens with one attached hydrogen (secondary N) is 1. The quantitative estimate of drug-likeness (QED) is 0.738. The second-order valence-corrected chi connectivity index (χ2v) is 6.17. The molecule has 4 heteroatoms. The van der Waals surface area contributed by atoms with Gasteiger partial charge in [-0.05, 0) is 62.2 Å². The lowest BCUT2D eigenvalue weighted by molar-refractivity contribution is -0.111. The van der Waals surface area contributed by atoms with E-state index in [2.05, 4.69) is 21.2 Å². The zero-order chi connectivity index (χ0) is 16.8. The van der Waals surface area contributed by atoms with Gasteiger partial charge in [-0.15, -0.1) is 0 Å². The number of carbonyl (C=O) groups is 1. The number of halogens is 1. The summed E-state index contributed by atoms with van der Waals surface area (Å²) in [5, 5.41) is 2.91. The highest BCUT2D eigenvalue weighted by Gasteiger charge is 2.04. The number of amides is 1. The Balaban J connectivity index is 2.15. The van der Waals surface area contributed by atoms with E-state index in [1.54, 1.807) is 6.08 Å². The Labute approximate surface area is 145 Å². The normalized spacial score (nSPS) is 10.8. The molecule has 0 spiro atoms. The molecular formula is C19H20BrNO2. The van der Waals surface area contributed by atoms with Gasteiger partial charge < -0.3 is 10.1 Å². The van der Waals surface area contributed by atoms with Gasteiger partial charge in [0, 0.05) is 21.8 Å². The molecule has 0 saturated carbocycles. The molecule has 2 aromatic rings. The van der Waals surface area contributed by atoms with Crippen molar-refractivity contribution >= 4 is 33.6 Å². The molecule has 0 atom stereocenters. The fourth-order valence-electron chi connectivity index (χ4n) is 2.15. The molecule has 0 aliphatic heterocycles. The molecule has 1 amide bonds. The van der Waals surface area contributed by atoms with Crippen LogP contribution in [0.15, 0.2) is 46.9 Å². The third-order valence-corrected chi connectivity index (χ3v) is 3.83. The van der Waals surface area contributed by atoms with E-state index >= 15 is 0 Å². The van der Waals surface area contributed by atoms with Crippen LogP contribution in [0.25, 0.3) is 6.08 Å². The Morgan fingerprint density at radius 1 is 1.22 bits per heavy atom. The van der Waals surface area contributed by atoms with Crippen molar-refractivity contribution < 1.29 is 9.53 Å². The average Bonchev–Trinajstić information content (AvgIpc) is 2.51. The van der Waals surface area contributed by atoms with Crippen LogP contribution in [0.1, 0.15) is 23.6 Å². The maximum absolute atomic E-state index is 12.2. The number of aryl methyl sites for hydroxylation is 2. The van der Waals surface area contributed by atoms with Gasteiger partial charge in [0.1, 0.15) is 5.75 Å². The van der Waals surface area contributed by atoms with Crippen LogP contribution in [-0.2, 0) is 4.79 Å². The first-order valence-corrected chi connectivity index (χ1v) is 8.27. The monoisotopic (exact) mass is 373 g/mol. The highest BCUT2D eigenvalue weighted by atomic mass is 79.9. The van der Waals surface area contributed by atoms with Gasteiger partial charge in [0.25, 0.3) is 0 Å². The van der Waals surface area contributed by atoms with Gasteiger partial charge in [0.2, 0.25) is 5.91 Å². The molecule has 0 saturated heterocycles. The van der Waals surface area contributed by atoms with E-state index in [4.69, 9.17) is 4.74 Å². The van der Waals surface area contributed by atoms with Crippen molar-refractivity contribution in [3.63, 3.8) is 0 Å². The van der Waals surface area contributed by atoms with Crippen LogP contribution in [0.3, 0.4) is 0 Å². The van der Waals surface area contributed by atoms with Crippen LogP contribution < -0.4 is 10.1 Å². The van der Waals surface area contributed by atoms with Crippen LogP contribution in [-0.4, -0.2) is 12.5 Å². The molecule has 0 bridgehead atoms. The molecule has 0 heterocycles. The van der Waals surface area contributed by atoms with Gasteiger partial charge in [-0.3, -0.25) is 4.79 Å². The summed E-state index contributed by atoms with van der Waals surface area (Å²) in [5.74, 6) is 0.590. The first-order chi connectivity index (χ1) is 11.0. The average molecular weight is 374 g/mol. The highest BCUT2D eigenvalue weighted by Crippen LogP contribution is 2.24. The highest BCUT2D eigenvalue weighted by molar-refractivity contribution is 9.10. The minimum Gasteiger partial charge on any atom is -0.493 e. The summed E-state index contributed by atoms with van der Waals surface area (Å²) < 4.78 is 6.51. The van der Waals surface area contributed by atoms with E-state index in [9.17, 15) is 4.79 Å². The van der Waals surface area contributed by atoms with E-state index in [0.29, 0.717) is 6.61 Å². The Bertz CT molecular complexity index is 738. The van der Waals surface area contributed by atoms with Crippen molar-refractivity contribution in [2.75, 3.05) is 11.9 Å². The molecule has 1 N–H and O–H groups in total. The first-order valence-electron chi connectivity index (χ1n) is 7.48. The molecule has 2 rings (SSSR count). The van der Waals surface area contributed by atoms with Gasteiger partial charge >= 0.3 is 0 Å². The zero-order valence-corrected chi connectivity index (χ0v) is 15.1. The lowest BCUT2D eigenvalue weighted by atomic mass is 10.1. The van der Waals surface area contributed by atoms with E-state index in [1.165, 1.54) is 6.08 Å². The molecule has 0 aromatic heterocycles. The largest absolute Gasteiger partial charge is 0.493 e. The number of anilines is 1. The van der Waals surface area contributed by atoms with Crippen molar-refractivity contribution in [3.05, 3.63) is 63.6 Å². The van der Waals surface area contributed by atoms with Crippen LogP contribution in [0.2, 0.25) is 0 Å². The summed E-state index contributed by atoms with van der Waals surface area (Å²) in [6.07, 6.45) is 3.28. The number of hydrogen-bond acceptors (Lipinski definition) is 2. The maximum atomic E-state index is 12.2. The smallest absolute Gasteiger partial charge is 0.248 e. The summed E-state index contributed by atoms with van der Waals surface area (Å²) in [4.78, 5) is 12.2. The Morgan fingerprint density at radius 3 is 2.74 bits per heavy atom. The number of carbonyl (C=O) groups excluding carboxylic acids is 1. The fourth-order valence-corrected chi connectivity index (χ4v) is 2.53. The standard InChI is InChI=1S/C19H20BrNO2/c1-4-23-18-9-8-16(20)12-15(18)7-10-19(22)21-17-11-13(2)5-6-14(17)3/h5-12H,4H2,1-3H3,(H,21,22). The molecule has 0 fully saturated rings. The second kappa shape index (κ2) is 7.97. The SMILES string of the molecule is CCOc1ccc(Br)cc1C=CC(=O)Nc1cc(C)ccc1C. The van der Waals surface area contributed by atoms with E-state index in [0.717, 1.165) is 32.6 Å². The zero-order valence-electron chi connectivity index (χ0n) is 13.5. The lowest BCUT2D eigenvalue weighted by Crippen LogP contribution is -2.09. The topological polar surface area (TPSA) is 38.3 Å². The molecule has 0 aliphatic carbocycles. The van der Waals surface area contributed by atoms with Gasteiger partial charge in [-0.25, -0.2) is 0 Å². The predicted octanol–water partition coefficient (Wildman–Crippen LogP) is 5.12. The molecule has 0 unspecified atom stereocenters. The Kier molecular flexibility index (Phi) is 5.99. The van der Waals surface area contributed by atoms with Crippen molar-refractivity contribution in [1.29, 1.82) is 0 Å². The van der Waals surface area contributed by atoms with Crippen LogP contribution in [0.5, 0.6) is 5.75 Å². The van der Waals surface area contributed by atoms with Crippen molar-refractivity contribution in [1.82, 2.24) is 0 Å². The number of ether oxygens (including phenoxy) is 1. The van der Waals surface area contributed by atoms with Crippen molar-refractivity contribution in [2.24, 2.45) is 0 Å². The molecule has 0 radical (unpaired) electrons. The lowest BCUT2D eigenvalue weighted by Gasteiger charge is -2.09. The molecular weight excluding hydrogens is 354 g/mol. The minimum atomic E-state index is -0.166. The summed E-state index contributed by atoms with van der Waals surface area (Å²) in [6, 6.07) is 11.7. The Morgan fingerprint density at radius 2 is 2.00 bits per heavy atom. The fraction of sp³-hybridized carbons (Fsp3) is 0.211. The van der Waals surface area contributed by atoms with E-state index in [-0.39, 0.29) is 5.91 Å². The van der Waals surface area contributed by atoms with E-state index in [1.807, 2.05) is 57.2 Å². The third kappa shape index (κ3) is 4.96. The van der Waals surface area contributed by atoms with Crippen LogP contribution in [0.4, 0.5) is 5.69 Å². The van der Waals surface area contributed by atoms with Crippen LogP contribution >= 0.6 is 15.9 Å². The molecule has 3 nitrogen and oxygen atoms in total. The molecule has 120 valence electrons. The molecule has 23 heavy (non-hydrogen) atoms. The van der Waals surface area contributed by atoms with Gasteiger partial charge in [-0.1, -0.05) is 28.1 Å². The summed E-state index contributed by atoms with van der Waals surface area (Å²) in [5.41, 5.74) is 3.84. The van der Waals surface area contributed by atoms with E-state index < -0.39 is 0 Å². The number of benzene rings is 2. The maximum Gasteiger partial charge on any atom is 0.248 e. The van der Waals surface area contributed by atoms with Gasteiger partial charge in [0.05, 0.1) is 6.61 Å². The third-order valence-electron chi connectivity index (χ3n) is 3.34. The summed E-state index contributed by atoms with van der Waals surface area (Å²) >= 11 is 3.44. The first kappa shape index (κ1) is 17.3. The van der Waals surface area contributed by atoms with Crippen LogP contribution in [0, 0.1) is 13.8 Å². The molecule has 2 aromatic carbocycles. The summed E-state index contributed by atoms with van der Waals surface area (Å²) in [6.45, 7) is 6.49. The molecule has 0 aliphatic rings. The van der Waals surface area contributed by atoms with Gasteiger partial charge in [0.15, 0.2) is 0 Å². The second-order valence-electron chi connectivity index (χ2n) is 5.26. The van der Waals surface area contributed by atoms with Gasteiger partial charge in [-0.2, -0.15) is 0 Å². The predicted molar refractivity (Wildman–Crippen MR) is 98.9 cm³/mol.